The lowest BCUT2D eigenvalue weighted by Crippen LogP contribution is -2.04. The summed E-state index contributed by atoms with van der Waals surface area (Å²) in [5.74, 6) is 0. The fraction of sp³-hybridized carbons (Fsp3) is 0.857. The predicted octanol–water partition coefficient (Wildman–Crippen LogP) is 12.3. The van der Waals surface area contributed by atoms with Gasteiger partial charge >= 0.3 is 0 Å². The lowest BCUT2D eigenvalue weighted by atomic mass is 9.89. The smallest absolute Gasteiger partial charge is 0.0178 e. The number of unbranched alkanes of at least 4 members (excludes halogenated alkanes) is 1. The molecular formula is C28H68. The Kier molecular flexibility index (Phi) is 115. The summed E-state index contributed by atoms with van der Waals surface area (Å²) >= 11 is 0. The normalized spacial score (nSPS) is 7.11. The van der Waals surface area contributed by atoms with Gasteiger partial charge in [-0.05, 0) is 32.6 Å². The van der Waals surface area contributed by atoms with Crippen molar-refractivity contribution in [2.75, 3.05) is 0 Å². The highest BCUT2D eigenvalue weighted by Crippen LogP contribution is 2.21. The zero-order chi connectivity index (χ0) is 25.2. The molecule has 0 heteroatoms. The Morgan fingerprint density at radius 3 is 0.821 bits per heavy atom. The van der Waals surface area contributed by atoms with Gasteiger partial charge in [-0.25, -0.2) is 0 Å². The van der Waals surface area contributed by atoms with Crippen LogP contribution in [0.1, 0.15) is 157 Å². The van der Waals surface area contributed by atoms with Crippen molar-refractivity contribution in [1.82, 2.24) is 0 Å². The first-order valence-corrected chi connectivity index (χ1v) is 12.3. The van der Waals surface area contributed by atoms with Crippen LogP contribution in [0.5, 0.6) is 0 Å². The molecule has 0 spiro atoms. The fourth-order valence-electron chi connectivity index (χ4n) is 0.408. The summed E-state index contributed by atoms with van der Waals surface area (Å²) in [7, 11) is 0. The van der Waals surface area contributed by atoms with Gasteiger partial charge in [-0.15, -0.1) is 0 Å². The summed E-state index contributed by atoms with van der Waals surface area (Å²) in [6.45, 7) is 43.4. The Morgan fingerprint density at radius 1 is 0.643 bits per heavy atom. The molecule has 0 saturated carbocycles. The van der Waals surface area contributed by atoms with E-state index in [1.165, 1.54) is 36.8 Å². The van der Waals surface area contributed by atoms with E-state index in [-0.39, 0.29) is 0 Å². The van der Waals surface area contributed by atoms with E-state index in [9.17, 15) is 0 Å². The quantitative estimate of drug-likeness (QED) is 0.401. The number of hydrogen-bond donors (Lipinski definition) is 0. The predicted molar refractivity (Wildman–Crippen MR) is 146 cm³/mol. The van der Waals surface area contributed by atoms with Crippen molar-refractivity contribution in [3.8, 4) is 0 Å². The summed E-state index contributed by atoms with van der Waals surface area (Å²) < 4.78 is 0. The standard InChI is InChI=1S/C7H14.C6H12.C4H10.C3H8.4C2H6/c1-6(2)7(3,4)5;1-4-5-6(2)3;1-3-4-2;1-3-2;4*1-2/h1H2,2-5H3;5H,4H2,1-3H3;3-4H2,1-2H3;3H2,1-2H3;4*1-2H3. The molecule has 0 aliphatic carbocycles. The van der Waals surface area contributed by atoms with Gasteiger partial charge in [-0.1, -0.05) is 154 Å². The maximum absolute atomic E-state index is 3.83. The van der Waals surface area contributed by atoms with E-state index in [2.05, 4.69) is 88.8 Å². The van der Waals surface area contributed by atoms with E-state index in [0.29, 0.717) is 5.41 Å². The second-order valence-electron chi connectivity index (χ2n) is 6.43. The van der Waals surface area contributed by atoms with E-state index in [0.717, 1.165) is 0 Å². The SMILES string of the molecule is C=C(C)C(C)(C)C.CC.CC.CC.CC.CCC.CCC=C(C)C.CCCC. The van der Waals surface area contributed by atoms with Crippen molar-refractivity contribution >= 4 is 0 Å². The first-order chi connectivity index (χ1) is 13.0. The molecule has 0 N–H and O–H groups in total. The van der Waals surface area contributed by atoms with Crippen molar-refractivity contribution in [2.45, 2.75) is 157 Å². The van der Waals surface area contributed by atoms with Crippen molar-refractivity contribution in [3.63, 3.8) is 0 Å². The van der Waals surface area contributed by atoms with Gasteiger partial charge in [0.2, 0.25) is 0 Å². The lowest BCUT2D eigenvalue weighted by molar-refractivity contribution is 0.506. The van der Waals surface area contributed by atoms with Gasteiger partial charge in [0.1, 0.15) is 0 Å². The minimum atomic E-state index is 0.306. The Labute approximate surface area is 186 Å². The molecule has 0 aliphatic rings. The Hall–Kier alpha value is -0.520. The van der Waals surface area contributed by atoms with Crippen LogP contribution in [0.25, 0.3) is 0 Å². The molecule has 0 nitrogen and oxygen atoms in total. The van der Waals surface area contributed by atoms with Crippen LogP contribution in [0.15, 0.2) is 23.8 Å². The first-order valence-electron chi connectivity index (χ1n) is 12.3. The summed E-state index contributed by atoms with van der Waals surface area (Å²) in [6.07, 6.45) is 7.27. The number of hydrogen-bond acceptors (Lipinski definition) is 0. The zero-order valence-electron chi connectivity index (χ0n) is 24.6. The summed E-state index contributed by atoms with van der Waals surface area (Å²) in [4.78, 5) is 0. The molecule has 0 aromatic heterocycles. The van der Waals surface area contributed by atoms with E-state index >= 15 is 0 Å². The van der Waals surface area contributed by atoms with E-state index in [1.54, 1.807) is 0 Å². The van der Waals surface area contributed by atoms with E-state index < -0.39 is 0 Å². The van der Waals surface area contributed by atoms with Gasteiger partial charge in [-0.2, -0.15) is 0 Å². The van der Waals surface area contributed by atoms with Crippen LogP contribution in [0.4, 0.5) is 0 Å². The Morgan fingerprint density at radius 2 is 0.821 bits per heavy atom. The monoisotopic (exact) mass is 405 g/mol. The summed E-state index contributed by atoms with van der Waals surface area (Å²) in [5.41, 5.74) is 2.96. The maximum atomic E-state index is 3.83. The van der Waals surface area contributed by atoms with Gasteiger partial charge in [0.25, 0.3) is 0 Å². The molecule has 0 heterocycles. The highest BCUT2D eigenvalue weighted by Gasteiger charge is 2.08. The van der Waals surface area contributed by atoms with Crippen LogP contribution in [-0.2, 0) is 0 Å². The maximum Gasteiger partial charge on any atom is -0.0178 e. The summed E-state index contributed by atoms with van der Waals surface area (Å²) in [5, 5.41) is 0. The fourth-order valence-corrected chi connectivity index (χ4v) is 0.408. The van der Waals surface area contributed by atoms with Crippen molar-refractivity contribution in [1.29, 1.82) is 0 Å². The Bertz CT molecular complexity index is 195. The second kappa shape index (κ2) is 63.3. The average Bonchev–Trinajstić information content (AvgIpc) is 2.68. The van der Waals surface area contributed by atoms with Gasteiger partial charge in [0.05, 0.1) is 0 Å². The second-order valence-corrected chi connectivity index (χ2v) is 6.43. The van der Waals surface area contributed by atoms with Gasteiger partial charge < -0.3 is 0 Å². The third kappa shape index (κ3) is 170. The molecule has 0 aliphatic heterocycles. The third-order valence-electron chi connectivity index (χ3n) is 2.39. The average molecular weight is 405 g/mol. The van der Waals surface area contributed by atoms with Crippen LogP contribution in [0, 0.1) is 5.41 Å². The van der Waals surface area contributed by atoms with Gasteiger partial charge in [0, 0.05) is 0 Å². The van der Waals surface area contributed by atoms with Gasteiger partial charge in [-0.3, -0.25) is 0 Å². The zero-order valence-corrected chi connectivity index (χ0v) is 24.6. The molecule has 0 saturated heterocycles. The lowest BCUT2D eigenvalue weighted by Gasteiger charge is -2.16. The van der Waals surface area contributed by atoms with Crippen LogP contribution in [-0.4, -0.2) is 0 Å². The molecule has 0 aromatic carbocycles. The molecule has 0 rings (SSSR count). The Balaban J connectivity index is -0.0000000291. The van der Waals surface area contributed by atoms with E-state index in [4.69, 9.17) is 0 Å². The molecule has 28 heavy (non-hydrogen) atoms. The summed E-state index contributed by atoms with van der Waals surface area (Å²) in [6, 6.07) is 0. The van der Waals surface area contributed by atoms with Crippen LogP contribution < -0.4 is 0 Å². The van der Waals surface area contributed by atoms with Crippen LogP contribution in [0.3, 0.4) is 0 Å². The van der Waals surface area contributed by atoms with Gasteiger partial charge in [0.15, 0.2) is 0 Å². The minimum Gasteiger partial charge on any atom is -0.0996 e. The number of allylic oxidation sites excluding steroid dienone is 3. The highest BCUT2D eigenvalue weighted by molar-refractivity contribution is 4.99. The molecule has 0 radical (unpaired) electrons. The molecular weight excluding hydrogens is 336 g/mol. The molecule has 0 atom stereocenters. The van der Waals surface area contributed by atoms with Crippen molar-refractivity contribution in [2.24, 2.45) is 5.41 Å². The third-order valence-corrected chi connectivity index (χ3v) is 2.39. The van der Waals surface area contributed by atoms with Crippen molar-refractivity contribution in [3.05, 3.63) is 23.8 Å². The van der Waals surface area contributed by atoms with Crippen molar-refractivity contribution < 1.29 is 0 Å². The molecule has 180 valence electrons. The minimum absolute atomic E-state index is 0.306. The largest absolute Gasteiger partial charge is 0.0996 e. The molecule has 0 aromatic rings. The van der Waals surface area contributed by atoms with Crippen LogP contribution in [0.2, 0.25) is 0 Å². The molecule has 0 fully saturated rings. The van der Waals surface area contributed by atoms with Crippen LogP contribution >= 0.6 is 0 Å². The molecule has 0 bridgehead atoms. The first kappa shape index (κ1) is 50.8. The van der Waals surface area contributed by atoms with E-state index in [1.807, 2.05) is 55.4 Å². The molecule has 0 unspecified atom stereocenters. The number of rotatable bonds is 2. The topological polar surface area (TPSA) is 0 Å². The highest BCUT2D eigenvalue weighted by atomic mass is 14.1. The molecule has 0 amide bonds.